The van der Waals surface area contributed by atoms with Gasteiger partial charge < -0.3 is 15.1 Å². The van der Waals surface area contributed by atoms with Crippen LogP contribution in [0.4, 0.5) is 0 Å². The van der Waals surface area contributed by atoms with E-state index in [0.29, 0.717) is 12.8 Å². The van der Waals surface area contributed by atoms with Crippen LogP contribution in [0.25, 0.3) is 0 Å². The molecule has 2 N–H and O–H groups in total. The van der Waals surface area contributed by atoms with Gasteiger partial charge in [0, 0.05) is 6.32 Å². The number of rotatable bonds is 2. The molecule has 2 unspecified atom stereocenters. The summed E-state index contributed by atoms with van der Waals surface area (Å²) >= 11 is 0. The molecule has 1 aliphatic heterocycles. The van der Waals surface area contributed by atoms with Gasteiger partial charge in [0.15, 0.2) is 0 Å². The topological polar surface area (TPSA) is 70.0 Å². The number of hydrogen-bond acceptors (Lipinski definition) is 5. The molecule has 0 spiro atoms. The molecule has 1 aliphatic rings. The van der Waals surface area contributed by atoms with E-state index in [4.69, 9.17) is 18.1 Å². The largest absolute Gasteiger partial charge is 0.375 e. The number of carbonyl (C=O) groups excluding carboxylic acids is 1. The van der Waals surface area contributed by atoms with Crippen LogP contribution in [0, 0.1) is 0 Å². The third-order valence-electron chi connectivity index (χ3n) is 1.64. The molecule has 1 saturated heterocycles. The van der Waals surface area contributed by atoms with Gasteiger partial charge in [0.1, 0.15) is 12.5 Å². The fourth-order valence-electron chi connectivity index (χ4n) is 1.03. The van der Waals surface area contributed by atoms with E-state index in [2.05, 4.69) is 4.84 Å². The average Bonchev–Trinajstić information content (AvgIpc) is 2.35. The Morgan fingerprint density at radius 2 is 2.00 bits per heavy atom. The fourth-order valence-corrected chi connectivity index (χ4v) is 1.03. The zero-order valence-corrected chi connectivity index (χ0v) is 6.51. The molecule has 5 nitrogen and oxygen atoms in total. The highest BCUT2D eigenvalue weighted by molar-refractivity contribution is 6.18. The molecule has 0 aromatic heterocycles. The second-order valence-electron chi connectivity index (χ2n) is 2.57. The van der Waals surface area contributed by atoms with E-state index < -0.39 is 18.4 Å². The highest BCUT2D eigenvalue weighted by Crippen LogP contribution is 2.20. The molecule has 6 heteroatoms. The Morgan fingerprint density at radius 1 is 1.50 bits per heavy atom. The minimum absolute atomic E-state index is 0.268. The lowest BCUT2D eigenvalue weighted by Crippen LogP contribution is -2.37. The van der Waals surface area contributed by atoms with E-state index in [9.17, 15) is 4.79 Å². The summed E-state index contributed by atoms with van der Waals surface area (Å²) in [6.07, 6.45) is -1.33. The number of nitrogens with zero attached hydrogens (tertiary/aromatic N) is 1. The molecule has 2 atom stereocenters. The van der Waals surface area contributed by atoms with Crippen molar-refractivity contribution in [2.24, 2.45) is 0 Å². The van der Waals surface area contributed by atoms with Crippen LogP contribution in [-0.2, 0) is 9.63 Å². The summed E-state index contributed by atoms with van der Waals surface area (Å²) in [6.45, 7) is 0. The van der Waals surface area contributed by atoms with Crippen molar-refractivity contribution >= 4 is 13.8 Å². The number of hydrogen-bond donors (Lipinski definition) is 2. The normalized spacial score (nSPS) is 30.5. The fraction of sp³-hybridized carbons (Fsp3) is 0.833. The van der Waals surface area contributed by atoms with Crippen LogP contribution < -0.4 is 0 Å². The van der Waals surface area contributed by atoms with Crippen molar-refractivity contribution < 1.29 is 19.8 Å². The molecule has 0 saturated carbocycles. The van der Waals surface area contributed by atoms with Gasteiger partial charge in [0.25, 0.3) is 0 Å². The second-order valence-corrected chi connectivity index (χ2v) is 2.57. The molecule has 1 rings (SSSR count). The predicted molar refractivity (Wildman–Crippen MR) is 39.7 cm³/mol. The lowest BCUT2D eigenvalue weighted by atomic mass is 10.1. The van der Waals surface area contributed by atoms with E-state index >= 15 is 0 Å². The highest BCUT2D eigenvalue weighted by atomic mass is 16.7. The van der Waals surface area contributed by atoms with Gasteiger partial charge in [-0.25, -0.2) is 0 Å². The summed E-state index contributed by atoms with van der Waals surface area (Å²) in [6, 6.07) is 0. The first-order chi connectivity index (χ1) is 5.65. The molecule has 0 aromatic rings. The number of carbonyl (C=O) groups is 1. The van der Waals surface area contributed by atoms with Crippen LogP contribution in [0.5, 0.6) is 0 Å². The molecule has 1 fully saturated rings. The summed E-state index contributed by atoms with van der Waals surface area (Å²) in [5, 5.41) is 19.2. The van der Waals surface area contributed by atoms with Gasteiger partial charge in [-0.1, -0.05) is 5.06 Å². The molecule has 0 amide bonds. The Kier molecular flexibility index (Phi) is 3.08. The summed E-state index contributed by atoms with van der Waals surface area (Å²) < 4.78 is 0. The third kappa shape index (κ3) is 1.97. The van der Waals surface area contributed by atoms with Crippen molar-refractivity contribution in [1.29, 1.82) is 0 Å². The van der Waals surface area contributed by atoms with Crippen LogP contribution in [0.1, 0.15) is 12.8 Å². The van der Waals surface area contributed by atoms with E-state index in [1.54, 1.807) is 0 Å². The van der Waals surface area contributed by atoms with Crippen molar-refractivity contribution in [2.75, 3.05) is 0 Å². The van der Waals surface area contributed by atoms with Crippen LogP contribution in [0.2, 0.25) is 6.32 Å². The quantitative estimate of drug-likeness (QED) is 0.508. The maximum absolute atomic E-state index is 10.6. The first-order valence-electron chi connectivity index (χ1n) is 3.70. The van der Waals surface area contributed by atoms with Crippen molar-refractivity contribution in [3.05, 3.63) is 0 Å². The number of aliphatic hydroxyl groups is 2. The van der Waals surface area contributed by atoms with Gasteiger partial charge >= 0.3 is 5.97 Å². The standard InChI is InChI=1S/C6H10BNO4/c7-3-6(11)12-8-4(9)1-2-5(8)10/h4-5,9-10H,1-3H2. The van der Waals surface area contributed by atoms with Gasteiger partial charge in [0.2, 0.25) is 0 Å². The SMILES string of the molecule is [B]CC(=O)ON1C(O)CCC1O. The molecular formula is C6H10BNO4. The molecule has 0 aliphatic carbocycles. The summed E-state index contributed by atoms with van der Waals surface area (Å²) in [5.74, 6) is -0.671. The van der Waals surface area contributed by atoms with Crippen molar-refractivity contribution in [1.82, 2.24) is 5.06 Å². The smallest absolute Gasteiger partial charge is 0.316 e. The van der Waals surface area contributed by atoms with Gasteiger partial charge in [0.05, 0.1) is 7.85 Å². The predicted octanol–water partition coefficient (Wildman–Crippen LogP) is -1.24. The summed E-state index contributed by atoms with van der Waals surface area (Å²) in [4.78, 5) is 15.2. The van der Waals surface area contributed by atoms with E-state index in [1.165, 1.54) is 0 Å². The Morgan fingerprint density at radius 3 is 2.42 bits per heavy atom. The molecule has 2 radical (unpaired) electrons. The lowest BCUT2D eigenvalue weighted by molar-refractivity contribution is -0.259. The first kappa shape index (κ1) is 9.50. The first-order valence-corrected chi connectivity index (χ1v) is 3.70. The van der Waals surface area contributed by atoms with Gasteiger partial charge in [-0.3, -0.25) is 4.79 Å². The van der Waals surface area contributed by atoms with Crippen LogP contribution in [0.15, 0.2) is 0 Å². The summed E-state index contributed by atoms with van der Waals surface area (Å²) in [7, 11) is 4.98. The molecule has 1 heterocycles. The van der Waals surface area contributed by atoms with Gasteiger partial charge in [-0.15, -0.1) is 0 Å². The summed E-state index contributed by atoms with van der Waals surface area (Å²) in [5.41, 5.74) is 0. The van der Waals surface area contributed by atoms with Crippen LogP contribution in [0.3, 0.4) is 0 Å². The number of aliphatic hydroxyl groups excluding tert-OH is 2. The Bertz CT molecular complexity index is 167. The molecular weight excluding hydrogens is 161 g/mol. The zero-order chi connectivity index (χ0) is 9.14. The van der Waals surface area contributed by atoms with E-state index in [1.807, 2.05) is 0 Å². The van der Waals surface area contributed by atoms with E-state index in [-0.39, 0.29) is 6.32 Å². The second kappa shape index (κ2) is 3.89. The van der Waals surface area contributed by atoms with Crippen molar-refractivity contribution in [3.8, 4) is 0 Å². The molecule has 66 valence electrons. The van der Waals surface area contributed by atoms with Gasteiger partial charge in [-0.2, -0.15) is 0 Å². The molecule has 0 aromatic carbocycles. The van der Waals surface area contributed by atoms with Crippen LogP contribution >= 0.6 is 0 Å². The lowest BCUT2D eigenvalue weighted by Gasteiger charge is -2.21. The van der Waals surface area contributed by atoms with Crippen LogP contribution in [-0.4, -0.2) is 41.5 Å². The highest BCUT2D eigenvalue weighted by Gasteiger charge is 2.33. The minimum atomic E-state index is -0.921. The number of hydroxylamine groups is 2. The zero-order valence-electron chi connectivity index (χ0n) is 6.51. The molecule has 0 bridgehead atoms. The maximum atomic E-state index is 10.6. The maximum Gasteiger partial charge on any atom is 0.316 e. The Labute approximate surface area is 71.3 Å². The monoisotopic (exact) mass is 171 g/mol. The van der Waals surface area contributed by atoms with E-state index in [0.717, 1.165) is 5.06 Å². The third-order valence-corrected chi connectivity index (χ3v) is 1.64. The van der Waals surface area contributed by atoms with Crippen molar-refractivity contribution in [3.63, 3.8) is 0 Å². The Hall–Kier alpha value is -0.585. The minimum Gasteiger partial charge on any atom is -0.375 e. The van der Waals surface area contributed by atoms with Crippen molar-refractivity contribution in [2.45, 2.75) is 31.6 Å². The average molecular weight is 171 g/mol. The molecule has 12 heavy (non-hydrogen) atoms. The van der Waals surface area contributed by atoms with Gasteiger partial charge in [-0.05, 0) is 12.8 Å². The Balaban J connectivity index is 2.44.